The van der Waals surface area contributed by atoms with Crippen LogP contribution in [-0.4, -0.2) is 39.5 Å². The van der Waals surface area contributed by atoms with Crippen molar-refractivity contribution >= 4 is 46.5 Å². The van der Waals surface area contributed by atoms with Crippen molar-refractivity contribution in [3.05, 3.63) is 68.8 Å². The average molecular weight is 490 g/mol. The van der Waals surface area contributed by atoms with Gasteiger partial charge in [-0.15, -0.1) is 0 Å². The molecule has 0 saturated heterocycles. The van der Waals surface area contributed by atoms with Crippen LogP contribution in [0.3, 0.4) is 0 Å². The van der Waals surface area contributed by atoms with Gasteiger partial charge < -0.3 is 0 Å². The van der Waals surface area contributed by atoms with Gasteiger partial charge in [0.05, 0.1) is 16.4 Å². The summed E-state index contributed by atoms with van der Waals surface area (Å²) in [6.07, 6.45) is 2.59. The zero-order chi connectivity index (χ0) is 22.8. The van der Waals surface area contributed by atoms with Gasteiger partial charge in [-0.05, 0) is 43.2 Å². The van der Waals surface area contributed by atoms with Crippen LogP contribution in [0.1, 0.15) is 37.9 Å². The lowest BCUT2D eigenvalue weighted by atomic mass is 10.0. The molecule has 0 saturated carbocycles. The average Bonchev–Trinajstić information content (AvgIpc) is 3.32. The summed E-state index contributed by atoms with van der Waals surface area (Å²) in [7, 11) is 0. The van der Waals surface area contributed by atoms with Gasteiger partial charge in [-0.1, -0.05) is 67.2 Å². The van der Waals surface area contributed by atoms with E-state index in [2.05, 4.69) is 18.8 Å². The van der Waals surface area contributed by atoms with E-state index >= 15 is 0 Å². The number of hydrogen-bond donors (Lipinski definition) is 0. The minimum absolute atomic E-state index is 0.00243. The van der Waals surface area contributed by atoms with Crippen LogP contribution < -0.4 is 0 Å². The third-order valence-corrected chi connectivity index (χ3v) is 6.25. The molecule has 0 bridgehead atoms. The van der Waals surface area contributed by atoms with E-state index < -0.39 is 0 Å². The Morgan fingerprint density at radius 3 is 2.38 bits per heavy atom. The second-order valence-electron chi connectivity index (χ2n) is 7.58. The lowest BCUT2D eigenvalue weighted by Gasteiger charge is -2.17. The smallest absolute Gasteiger partial charge is 0.249 e. The molecule has 32 heavy (non-hydrogen) atoms. The van der Waals surface area contributed by atoms with Crippen LogP contribution in [0.25, 0.3) is 16.9 Å². The molecule has 1 amide bonds. The van der Waals surface area contributed by atoms with Crippen molar-refractivity contribution in [2.24, 2.45) is 4.99 Å². The molecule has 166 valence electrons. The van der Waals surface area contributed by atoms with E-state index in [0.29, 0.717) is 45.3 Å². The second-order valence-corrected chi connectivity index (χ2v) is 8.86. The molecule has 4 rings (SSSR count). The molecule has 1 aromatic heterocycles. The first kappa shape index (κ1) is 22.8. The number of hydrogen-bond acceptors (Lipinski definition) is 3. The fraction of sp³-hybridized carbons (Fsp3) is 0.292. The van der Waals surface area contributed by atoms with Crippen molar-refractivity contribution < 1.29 is 4.79 Å². The van der Waals surface area contributed by atoms with Crippen LogP contribution in [0.2, 0.25) is 15.1 Å². The maximum absolute atomic E-state index is 12.6. The molecule has 2 aromatic carbocycles. The van der Waals surface area contributed by atoms with Gasteiger partial charge in [-0.2, -0.15) is 5.10 Å². The molecule has 0 unspecified atom stereocenters. The van der Waals surface area contributed by atoms with Crippen LogP contribution in [0.15, 0.2) is 47.5 Å². The molecule has 1 aliphatic rings. The summed E-state index contributed by atoms with van der Waals surface area (Å²) < 4.78 is 1.82. The second kappa shape index (κ2) is 9.65. The lowest BCUT2D eigenvalue weighted by Crippen LogP contribution is -2.34. The van der Waals surface area contributed by atoms with Gasteiger partial charge in [-0.25, -0.2) is 4.68 Å². The highest BCUT2D eigenvalue weighted by atomic mass is 35.5. The van der Waals surface area contributed by atoms with E-state index in [-0.39, 0.29) is 12.5 Å². The molecular weight excluding hydrogens is 467 g/mol. The fourth-order valence-electron chi connectivity index (χ4n) is 3.88. The van der Waals surface area contributed by atoms with Crippen molar-refractivity contribution in [2.45, 2.75) is 33.1 Å². The third kappa shape index (κ3) is 4.29. The Hall–Kier alpha value is -2.34. The summed E-state index contributed by atoms with van der Waals surface area (Å²) in [5.41, 5.74) is 4.23. The van der Waals surface area contributed by atoms with Crippen LogP contribution in [-0.2, 0) is 11.2 Å². The van der Waals surface area contributed by atoms with Crippen molar-refractivity contribution in [3.63, 3.8) is 0 Å². The first-order chi connectivity index (χ1) is 15.4. The van der Waals surface area contributed by atoms with Gasteiger partial charge in [-0.3, -0.25) is 14.7 Å². The number of carbonyl (C=O) groups excluding carboxylic acids is 1. The normalized spacial score (nSPS) is 13.7. The van der Waals surface area contributed by atoms with Gasteiger partial charge >= 0.3 is 0 Å². The Kier molecular flexibility index (Phi) is 6.89. The number of rotatable bonds is 7. The third-order valence-electron chi connectivity index (χ3n) is 5.46. The molecule has 0 radical (unpaired) electrons. The molecule has 0 aliphatic carbocycles. The van der Waals surface area contributed by atoms with Crippen LogP contribution in [0.5, 0.6) is 0 Å². The number of amidine groups is 1. The number of carbonyl (C=O) groups is 1. The van der Waals surface area contributed by atoms with Crippen LogP contribution >= 0.6 is 34.8 Å². The highest BCUT2D eigenvalue weighted by molar-refractivity contribution is 6.35. The molecular formula is C24H23Cl3N4O. The molecule has 1 aliphatic heterocycles. The van der Waals surface area contributed by atoms with E-state index in [9.17, 15) is 4.79 Å². The minimum Gasteiger partial charge on any atom is -0.294 e. The Balaban J connectivity index is 1.94. The Bertz CT molecular complexity index is 1180. The number of amides is 1. The van der Waals surface area contributed by atoms with E-state index in [1.165, 1.54) is 0 Å². The van der Waals surface area contributed by atoms with Crippen molar-refractivity contribution in [2.75, 3.05) is 13.1 Å². The standard InChI is InChI=1S/C24H23Cl3N4O/c1-3-5-12-30-21(32)14-28-24(30)22-18(4-2)23(15-6-8-16(25)9-7-15)31(29-22)20-11-10-17(26)13-19(20)27/h6-11,13H,3-5,12,14H2,1-2H3. The number of aliphatic imine (C=N–C) groups is 1. The highest BCUT2D eigenvalue weighted by Gasteiger charge is 2.32. The number of aromatic nitrogens is 2. The largest absolute Gasteiger partial charge is 0.294 e. The number of unbranched alkanes of at least 4 members (excludes halogenated alkanes) is 1. The fourth-order valence-corrected chi connectivity index (χ4v) is 4.49. The molecule has 0 N–H and O–H groups in total. The summed E-state index contributed by atoms with van der Waals surface area (Å²) in [5, 5.41) is 6.63. The van der Waals surface area contributed by atoms with Crippen LogP contribution in [0.4, 0.5) is 0 Å². The molecule has 0 spiro atoms. The number of nitrogens with zero attached hydrogens (tertiary/aromatic N) is 4. The van der Waals surface area contributed by atoms with Crippen molar-refractivity contribution in [1.29, 1.82) is 0 Å². The lowest BCUT2D eigenvalue weighted by molar-refractivity contribution is -0.124. The number of halogens is 3. The minimum atomic E-state index is 0.00243. The van der Waals surface area contributed by atoms with E-state index in [0.717, 1.165) is 29.7 Å². The van der Waals surface area contributed by atoms with Gasteiger partial charge in [0.25, 0.3) is 0 Å². The maximum Gasteiger partial charge on any atom is 0.249 e. The molecule has 5 nitrogen and oxygen atoms in total. The van der Waals surface area contributed by atoms with Gasteiger partial charge in [0.1, 0.15) is 12.2 Å². The summed E-state index contributed by atoms with van der Waals surface area (Å²) in [5.74, 6) is 0.627. The number of benzene rings is 2. The first-order valence-electron chi connectivity index (χ1n) is 10.6. The van der Waals surface area contributed by atoms with Gasteiger partial charge in [0.15, 0.2) is 5.84 Å². The molecule has 8 heteroatoms. The molecule has 0 atom stereocenters. The van der Waals surface area contributed by atoms with E-state index in [1.807, 2.05) is 35.0 Å². The van der Waals surface area contributed by atoms with Crippen molar-refractivity contribution in [1.82, 2.24) is 14.7 Å². The SMILES string of the molecule is CCCCN1C(=O)CN=C1c1nn(-c2ccc(Cl)cc2Cl)c(-c2ccc(Cl)cc2)c1CC. The first-order valence-corrected chi connectivity index (χ1v) is 11.8. The summed E-state index contributed by atoms with van der Waals surface area (Å²) in [4.78, 5) is 18.9. The summed E-state index contributed by atoms with van der Waals surface area (Å²) >= 11 is 18.9. The Morgan fingerprint density at radius 1 is 1.00 bits per heavy atom. The quantitative estimate of drug-likeness (QED) is 0.383. The zero-order valence-corrected chi connectivity index (χ0v) is 20.2. The van der Waals surface area contributed by atoms with E-state index in [4.69, 9.17) is 39.9 Å². The zero-order valence-electron chi connectivity index (χ0n) is 17.9. The van der Waals surface area contributed by atoms with Crippen molar-refractivity contribution in [3.8, 4) is 16.9 Å². The predicted molar refractivity (Wildman–Crippen MR) is 131 cm³/mol. The topological polar surface area (TPSA) is 50.5 Å². The molecule has 2 heterocycles. The van der Waals surface area contributed by atoms with E-state index in [1.54, 1.807) is 17.0 Å². The van der Waals surface area contributed by atoms with Crippen LogP contribution in [0, 0.1) is 0 Å². The summed E-state index contributed by atoms with van der Waals surface area (Å²) in [6.45, 7) is 4.95. The monoisotopic (exact) mass is 488 g/mol. The predicted octanol–water partition coefficient (Wildman–Crippen LogP) is 6.45. The molecule has 0 fully saturated rings. The molecule has 3 aromatic rings. The van der Waals surface area contributed by atoms with Gasteiger partial charge in [0, 0.05) is 27.7 Å². The maximum atomic E-state index is 12.6. The van der Waals surface area contributed by atoms with Gasteiger partial charge in [0.2, 0.25) is 5.91 Å². The Morgan fingerprint density at radius 2 is 1.72 bits per heavy atom. The summed E-state index contributed by atoms with van der Waals surface area (Å²) in [6, 6.07) is 12.9. The highest BCUT2D eigenvalue weighted by Crippen LogP contribution is 2.35. The Labute approximate surface area is 202 Å².